The molecule has 0 saturated heterocycles. The second-order valence-corrected chi connectivity index (χ2v) is 8.06. The third-order valence-corrected chi connectivity index (χ3v) is 5.71. The Bertz CT molecular complexity index is 391. The topological polar surface area (TPSA) is 92.3 Å². The molecule has 9 heteroatoms. The van der Waals surface area contributed by atoms with Crippen LogP contribution < -0.4 is 5.32 Å². The number of carbonyl (C=O) groups is 2. The number of esters is 1. The highest BCUT2D eigenvalue weighted by Crippen LogP contribution is 2.05. The molecular formula is C15H29NO7Si. The number of nitrogens with one attached hydrogen (secondary N) is 1. The number of hydrogen-bond acceptors (Lipinski definition) is 7. The molecule has 0 saturated carbocycles. The summed E-state index contributed by atoms with van der Waals surface area (Å²) in [6.45, 7) is 5.82. The lowest BCUT2D eigenvalue weighted by Crippen LogP contribution is -2.53. The molecule has 0 aliphatic rings. The van der Waals surface area contributed by atoms with Gasteiger partial charge in [0.15, 0.2) is 0 Å². The van der Waals surface area contributed by atoms with Crippen LogP contribution in [0.15, 0.2) is 12.2 Å². The van der Waals surface area contributed by atoms with Crippen LogP contribution >= 0.6 is 0 Å². The molecule has 0 rings (SSSR count). The quantitative estimate of drug-likeness (QED) is 0.231. The minimum atomic E-state index is -2.83. The number of carbonyl (C=O) groups excluding carboxylic acids is 2. The number of alkyl carbamates (subject to hydrolysis) is 1. The summed E-state index contributed by atoms with van der Waals surface area (Å²) in [4.78, 5) is 22.7. The van der Waals surface area contributed by atoms with E-state index in [0.717, 1.165) is 25.7 Å². The zero-order chi connectivity index (χ0) is 18.4. The van der Waals surface area contributed by atoms with Gasteiger partial charge in [0, 0.05) is 26.9 Å². The standard InChI is InChI=1S/C15H29NO7Si/c1-13(2)14(17)22-10-8-6-7-9-11-23-15(18)16-12-24(19-3,20-4)21-5/h1,6-12H2,2-5H3,(H,16,18). The molecule has 0 bridgehead atoms. The minimum Gasteiger partial charge on any atom is -0.462 e. The highest BCUT2D eigenvalue weighted by atomic mass is 28.4. The summed E-state index contributed by atoms with van der Waals surface area (Å²) in [5.41, 5.74) is 0.400. The fraction of sp³-hybridized carbons (Fsp3) is 0.733. The van der Waals surface area contributed by atoms with Crippen LogP contribution in [0, 0.1) is 0 Å². The molecular weight excluding hydrogens is 334 g/mol. The SMILES string of the molecule is C=C(C)C(=O)OCCCCCCOC(=O)NC[Si](OC)(OC)OC. The maximum atomic E-state index is 11.6. The molecule has 1 amide bonds. The first-order valence-electron chi connectivity index (χ1n) is 7.79. The Kier molecular flexibility index (Phi) is 12.2. The van der Waals surface area contributed by atoms with E-state index >= 15 is 0 Å². The summed E-state index contributed by atoms with van der Waals surface area (Å²) >= 11 is 0. The molecule has 0 aromatic rings. The van der Waals surface area contributed by atoms with Gasteiger partial charge in [-0.3, -0.25) is 0 Å². The van der Waals surface area contributed by atoms with Crippen molar-refractivity contribution in [2.45, 2.75) is 32.6 Å². The Hall–Kier alpha value is -1.42. The molecule has 0 heterocycles. The summed E-state index contributed by atoms with van der Waals surface area (Å²) in [6, 6.07) is 0. The average Bonchev–Trinajstić information content (AvgIpc) is 2.58. The zero-order valence-corrected chi connectivity index (χ0v) is 16.0. The van der Waals surface area contributed by atoms with Gasteiger partial charge in [-0.05, 0) is 32.6 Å². The van der Waals surface area contributed by atoms with E-state index in [0.29, 0.717) is 18.8 Å². The number of amides is 1. The van der Waals surface area contributed by atoms with Crippen molar-refractivity contribution >= 4 is 20.9 Å². The summed E-state index contributed by atoms with van der Waals surface area (Å²) < 4.78 is 25.6. The molecule has 0 aliphatic carbocycles. The molecule has 24 heavy (non-hydrogen) atoms. The van der Waals surface area contributed by atoms with E-state index in [9.17, 15) is 9.59 Å². The molecule has 0 aromatic carbocycles. The summed E-state index contributed by atoms with van der Waals surface area (Å²) in [6.07, 6.45) is 2.89. The van der Waals surface area contributed by atoms with Gasteiger partial charge in [0.2, 0.25) is 0 Å². The van der Waals surface area contributed by atoms with Crippen LogP contribution in [0.5, 0.6) is 0 Å². The van der Waals surface area contributed by atoms with E-state index in [-0.39, 0.29) is 12.1 Å². The van der Waals surface area contributed by atoms with Gasteiger partial charge in [-0.15, -0.1) is 0 Å². The van der Waals surface area contributed by atoms with Gasteiger partial charge in [-0.1, -0.05) is 6.58 Å². The fourth-order valence-corrected chi connectivity index (χ4v) is 3.00. The lowest BCUT2D eigenvalue weighted by Gasteiger charge is -2.24. The van der Waals surface area contributed by atoms with E-state index in [1.807, 2.05) is 0 Å². The number of ether oxygens (including phenoxy) is 2. The Balaban J connectivity index is 3.63. The summed E-state index contributed by atoms with van der Waals surface area (Å²) in [5.74, 6) is -0.363. The molecule has 0 unspecified atom stereocenters. The minimum absolute atomic E-state index is 0.142. The lowest BCUT2D eigenvalue weighted by molar-refractivity contribution is -0.139. The Morgan fingerprint density at radius 1 is 0.917 bits per heavy atom. The Labute approximate surface area is 144 Å². The van der Waals surface area contributed by atoms with Crippen molar-refractivity contribution in [3.05, 3.63) is 12.2 Å². The third-order valence-electron chi connectivity index (χ3n) is 3.24. The number of hydrogen-bond donors (Lipinski definition) is 1. The molecule has 1 N–H and O–H groups in total. The van der Waals surface area contributed by atoms with Gasteiger partial charge >= 0.3 is 20.9 Å². The van der Waals surface area contributed by atoms with Crippen LogP contribution in [0.3, 0.4) is 0 Å². The monoisotopic (exact) mass is 363 g/mol. The van der Waals surface area contributed by atoms with E-state index in [4.69, 9.17) is 22.8 Å². The summed E-state index contributed by atoms with van der Waals surface area (Å²) in [7, 11) is 1.59. The van der Waals surface area contributed by atoms with Crippen LogP contribution in [0.1, 0.15) is 32.6 Å². The van der Waals surface area contributed by atoms with Crippen molar-refractivity contribution in [3.63, 3.8) is 0 Å². The summed E-state index contributed by atoms with van der Waals surface area (Å²) in [5, 5.41) is 2.57. The van der Waals surface area contributed by atoms with Crippen molar-refractivity contribution in [3.8, 4) is 0 Å². The Morgan fingerprint density at radius 2 is 1.42 bits per heavy atom. The van der Waals surface area contributed by atoms with E-state index in [1.54, 1.807) is 6.92 Å². The largest absolute Gasteiger partial charge is 0.520 e. The van der Waals surface area contributed by atoms with Crippen LogP contribution in [0.25, 0.3) is 0 Å². The highest BCUT2D eigenvalue weighted by molar-refractivity contribution is 6.61. The van der Waals surface area contributed by atoms with Crippen molar-refractivity contribution in [1.82, 2.24) is 5.32 Å². The van der Waals surface area contributed by atoms with E-state index in [2.05, 4.69) is 11.9 Å². The first-order valence-corrected chi connectivity index (χ1v) is 9.72. The maximum Gasteiger partial charge on any atom is 0.520 e. The van der Waals surface area contributed by atoms with Crippen molar-refractivity contribution in [2.75, 3.05) is 40.7 Å². The molecule has 0 spiro atoms. The molecule has 0 aliphatic heterocycles. The van der Waals surface area contributed by atoms with Crippen molar-refractivity contribution in [2.24, 2.45) is 0 Å². The van der Waals surface area contributed by atoms with Gasteiger partial charge in [0.25, 0.3) is 0 Å². The van der Waals surface area contributed by atoms with Crippen LogP contribution in [0.2, 0.25) is 0 Å². The molecule has 0 aromatic heterocycles. The highest BCUT2D eigenvalue weighted by Gasteiger charge is 2.38. The first-order chi connectivity index (χ1) is 11.4. The second-order valence-electron chi connectivity index (χ2n) is 5.12. The predicted molar refractivity (Wildman–Crippen MR) is 90.4 cm³/mol. The number of rotatable bonds is 13. The molecule has 0 fully saturated rings. The molecule has 0 radical (unpaired) electrons. The fourth-order valence-electron chi connectivity index (χ4n) is 1.71. The lowest BCUT2D eigenvalue weighted by atomic mass is 10.2. The van der Waals surface area contributed by atoms with Crippen LogP contribution in [0.4, 0.5) is 4.79 Å². The van der Waals surface area contributed by atoms with E-state index < -0.39 is 14.9 Å². The van der Waals surface area contributed by atoms with Gasteiger partial charge in [-0.25, -0.2) is 9.59 Å². The zero-order valence-electron chi connectivity index (χ0n) is 15.0. The number of unbranched alkanes of at least 4 members (excludes halogenated alkanes) is 3. The third kappa shape index (κ3) is 9.66. The maximum absolute atomic E-state index is 11.6. The normalized spacial score (nSPS) is 11.0. The predicted octanol–water partition coefficient (Wildman–Crippen LogP) is 1.81. The van der Waals surface area contributed by atoms with Crippen LogP contribution in [-0.4, -0.2) is 61.6 Å². The van der Waals surface area contributed by atoms with E-state index in [1.165, 1.54) is 21.3 Å². The van der Waals surface area contributed by atoms with Gasteiger partial charge in [0.1, 0.15) is 0 Å². The molecule has 8 nitrogen and oxygen atoms in total. The van der Waals surface area contributed by atoms with Gasteiger partial charge in [0.05, 0.1) is 19.4 Å². The van der Waals surface area contributed by atoms with Gasteiger partial charge in [-0.2, -0.15) is 0 Å². The first kappa shape index (κ1) is 22.6. The van der Waals surface area contributed by atoms with Gasteiger partial charge < -0.3 is 28.1 Å². The average molecular weight is 363 g/mol. The smallest absolute Gasteiger partial charge is 0.462 e. The molecule has 140 valence electrons. The molecule has 0 atom stereocenters. The van der Waals surface area contributed by atoms with Crippen molar-refractivity contribution in [1.29, 1.82) is 0 Å². The second kappa shape index (κ2) is 12.9. The Morgan fingerprint density at radius 3 is 1.88 bits per heavy atom. The van der Waals surface area contributed by atoms with Crippen molar-refractivity contribution < 1.29 is 32.3 Å². The van der Waals surface area contributed by atoms with Crippen LogP contribution in [-0.2, 0) is 27.5 Å².